The van der Waals surface area contributed by atoms with E-state index in [1.807, 2.05) is 0 Å². The van der Waals surface area contributed by atoms with Crippen LogP contribution in [0.1, 0.15) is 0 Å². The van der Waals surface area contributed by atoms with Gasteiger partial charge in [0.05, 0.1) is 8.07 Å². The molecule has 1 rings (SSSR count). The van der Waals surface area contributed by atoms with E-state index in [2.05, 4.69) is 0 Å². The summed E-state index contributed by atoms with van der Waals surface area (Å²) in [6.07, 6.45) is 0. The molecule has 0 amide bonds. The Labute approximate surface area is 154 Å². The number of hydrogen-bond acceptors (Lipinski definition) is 0. The van der Waals surface area contributed by atoms with E-state index in [1.165, 1.54) is 0 Å². The molecule has 29 heavy (non-hydrogen) atoms. The Balaban J connectivity index is 4.41. The fourth-order valence-electron chi connectivity index (χ4n) is 3.61. The van der Waals surface area contributed by atoms with Gasteiger partial charge in [-0.05, 0) is 0 Å². The molecule has 1 fully saturated rings. The summed E-state index contributed by atoms with van der Waals surface area (Å²) in [4.78, 5) is 0. The Morgan fingerprint density at radius 2 is 0.793 bits per heavy atom. The third kappa shape index (κ3) is 2.32. The number of halogens is 15. The minimum absolute atomic E-state index is 0.0742. The Kier molecular flexibility index (Phi) is 5.52. The summed E-state index contributed by atoms with van der Waals surface area (Å²) in [6.45, 7) is -7.00. The second-order valence-corrected chi connectivity index (χ2v) is 12.9. The van der Waals surface area contributed by atoms with Crippen molar-refractivity contribution in [2.45, 2.75) is 65.9 Å². The summed E-state index contributed by atoms with van der Waals surface area (Å²) < 4.78 is 209. The van der Waals surface area contributed by atoms with Gasteiger partial charge in [0.2, 0.25) is 5.67 Å². The normalized spacial score (nSPS) is 27.5. The maximum absolute atomic E-state index is 14.7. The zero-order valence-electron chi connectivity index (χ0n) is 14.6. The van der Waals surface area contributed by atoms with Crippen molar-refractivity contribution in [3.63, 3.8) is 0 Å². The Hall–Kier alpha value is -0.833. The van der Waals surface area contributed by atoms with E-state index < -0.39 is 67.7 Å². The highest BCUT2D eigenvalue weighted by atomic mass is 28.3. The zero-order chi connectivity index (χ0) is 23.9. The lowest BCUT2D eigenvalue weighted by Gasteiger charge is -2.63. The van der Waals surface area contributed by atoms with Crippen molar-refractivity contribution in [3.05, 3.63) is 0 Å². The minimum atomic E-state index is -7.59. The predicted octanol–water partition coefficient (Wildman–Crippen LogP) is 6.54. The van der Waals surface area contributed by atoms with Gasteiger partial charge in [0.25, 0.3) is 0 Å². The standard InChI is InChI=1S/C13H13F15Si/c1-29(2,3)7(8(17,18)6(16,4-14)5-15)9(19,20)11(23,24)13(27,28)12(25,26)10(7,21)22/h4-5H2,1-3H3. The van der Waals surface area contributed by atoms with Crippen LogP contribution in [-0.4, -0.2) is 62.6 Å². The third-order valence-electron chi connectivity index (χ3n) is 5.10. The van der Waals surface area contributed by atoms with Crippen LogP contribution in [-0.2, 0) is 0 Å². The molecule has 0 radical (unpaired) electrons. The molecule has 0 nitrogen and oxygen atoms in total. The minimum Gasteiger partial charge on any atom is -0.247 e. The molecular weight excluding hydrogens is 469 g/mol. The van der Waals surface area contributed by atoms with Gasteiger partial charge in [0.1, 0.15) is 13.3 Å². The summed E-state index contributed by atoms with van der Waals surface area (Å²) >= 11 is 0. The van der Waals surface area contributed by atoms with Gasteiger partial charge in [0, 0.05) is 0 Å². The van der Waals surface area contributed by atoms with Crippen LogP contribution in [0.15, 0.2) is 0 Å². The Bertz CT molecular complexity index is 599. The highest BCUT2D eigenvalue weighted by Gasteiger charge is 3.06. The Morgan fingerprint density at radius 1 is 0.552 bits per heavy atom. The largest absolute Gasteiger partial charge is 0.384 e. The molecule has 0 atom stereocenters. The van der Waals surface area contributed by atoms with Crippen molar-refractivity contribution < 1.29 is 65.9 Å². The number of rotatable bonds is 5. The van der Waals surface area contributed by atoms with E-state index in [4.69, 9.17) is 0 Å². The van der Waals surface area contributed by atoms with E-state index in [1.54, 1.807) is 0 Å². The van der Waals surface area contributed by atoms with Crippen LogP contribution in [0.4, 0.5) is 65.9 Å². The van der Waals surface area contributed by atoms with Gasteiger partial charge in [-0.2, -0.15) is 43.9 Å². The average Bonchev–Trinajstić information content (AvgIpc) is 2.50. The summed E-state index contributed by atoms with van der Waals surface area (Å²) in [5.41, 5.74) is -5.72. The molecule has 1 saturated carbocycles. The van der Waals surface area contributed by atoms with Crippen molar-refractivity contribution in [2.75, 3.05) is 13.3 Å². The molecule has 16 heteroatoms. The highest BCUT2D eigenvalue weighted by Crippen LogP contribution is 2.82. The molecule has 0 spiro atoms. The van der Waals surface area contributed by atoms with Gasteiger partial charge < -0.3 is 0 Å². The topological polar surface area (TPSA) is 0 Å². The summed E-state index contributed by atoms with van der Waals surface area (Å²) in [5, 5.41) is -6.58. The molecule has 0 aromatic carbocycles. The van der Waals surface area contributed by atoms with Crippen LogP contribution >= 0.6 is 0 Å². The molecule has 0 saturated heterocycles. The van der Waals surface area contributed by atoms with Crippen molar-refractivity contribution in [1.82, 2.24) is 0 Å². The van der Waals surface area contributed by atoms with E-state index in [9.17, 15) is 65.9 Å². The second kappa shape index (κ2) is 6.11. The van der Waals surface area contributed by atoms with Gasteiger partial charge >= 0.3 is 35.5 Å². The van der Waals surface area contributed by atoms with Gasteiger partial charge in [-0.3, -0.25) is 0 Å². The lowest BCUT2D eigenvalue weighted by atomic mass is 9.67. The molecule has 1 aliphatic rings. The van der Waals surface area contributed by atoms with Crippen molar-refractivity contribution >= 4 is 8.07 Å². The molecule has 0 aromatic heterocycles. The van der Waals surface area contributed by atoms with Crippen LogP contribution in [0.2, 0.25) is 24.7 Å². The quantitative estimate of drug-likeness (QED) is 0.309. The van der Waals surface area contributed by atoms with Gasteiger partial charge in [-0.1, -0.05) is 19.6 Å². The van der Waals surface area contributed by atoms with Crippen LogP contribution in [0.5, 0.6) is 0 Å². The first-order valence-corrected chi connectivity index (χ1v) is 10.9. The zero-order valence-corrected chi connectivity index (χ0v) is 15.6. The lowest BCUT2D eigenvalue weighted by Crippen LogP contribution is -2.88. The van der Waals surface area contributed by atoms with E-state index in [-0.39, 0.29) is 19.6 Å². The predicted molar refractivity (Wildman–Crippen MR) is 71.5 cm³/mol. The molecule has 0 bridgehead atoms. The highest BCUT2D eigenvalue weighted by molar-refractivity contribution is 6.80. The number of alkyl halides is 15. The summed E-state index contributed by atoms with van der Waals surface area (Å²) in [5.74, 6) is -44.6. The molecule has 0 N–H and O–H groups in total. The smallest absolute Gasteiger partial charge is 0.247 e. The molecule has 0 unspecified atom stereocenters. The average molecular weight is 482 g/mol. The molecule has 0 heterocycles. The van der Waals surface area contributed by atoms with Gasteiger partial charge in [-0.25, -0.2) is 22.0 Å². The first kappa shape index (κ1) is 26.2. The van der Waals surface area contributed by atoms with E-state index in [0.717, 1.165) is 0 Å². The lowest BCUT2D eigenvalue weighted by molar-refractivity contribution is -0.480. The fraction of sp³-hybridized carbons (Fsp3) is 1.00. The summed E-state index contributed by atoms with van der Waals surface area (Å²) in [7, 11) is -5.81. The van der Waals surface area contributed by atoms with Gasteiger partial charge in [-0.15, -0.1) is 0 Å². The van der Waals surface area contributed by atoms with Gasteiger partial charge in [0.15, 0.2) is 5.04 Å². The maximum Gasteiger partial charge on any atom is 0.384 e. The Morgan fingerprint density at radius 3 is 1.00 bits per heavy atom. The SMILES string of the molecule is C[Si](C)(C)C1(C(F)(F)C(F)(CF)CF)C(F)(F)C(F)(F)C(F)(F)C(F)(F)C1(F)F. The second-order valence-electron chi connectivity index (χ2n) is 7.68. The molecule has 174 valence electrons. The molecular formula is C13H13F15Si. The first-order valence-electron chi connectivity index (χ1n) is 7.45. The van der Waals surface area contributed by atoms with Crippen LogP contribution in [0, 0.1) is 0 Å². The third-order valence-corrected chi connectivity index (χ3v) is 8.29. The van der Waals surface area contributed by atoms with E-state index >= 15 is 0 Å². The van der Waals surface area contributed by atoms with E-state index in [0.29, 0.717) is 0 Å². The molecule has 1 aliphatic carbocycles. The number of hydrogen-bond donors (Lipinski definition) is 0. The summed E-state index contributed by atoms with van der Waals surface area (Å²) in [6, 6.07) is 0. The van der Waals surface area contributed by atoms with Crippen LogP contribution in [0.3, 0.4) is 0 Å². The monoisotopic (exact) mass is 482 g/mol. The van der Waals surface area contributed by atoms with Crippen molar-refractivity contribution in [2.24, 2.45) is 0 Å². The maximum atomic E-state index is 14.7. The molecule has 0 aliphatic heterocycles. The van der Waals surface area contributed by atoms with Crippen molar-refractivity contribution in [3.8, 4) is 0 Å². The van der Waals surface area contributed by atoms with Crippen LogP contribution in [0.25, 0.3) is 0 Å². The fourth-order valence-corrected chi connectivity index (χ4v) is 6.97. The molecule has 0 aromatic rings. The van der Waals surface area contributed by atoms with Crippen molar-refractivity contribution in [1.29, 1.82) is 0 Å². The van der Waals surface area contributed by atoms with Crippen LogP contribution < -0.4 is 0 Å². The first-order chi connectivity index (χ1) is 12.4.